The first-order valence-corrected chi connectivity index (χ1v) is 12.0. The fourth-order valence-electron chi connectivity index (χ4n) is 3.99. The van der Waals surface area contributed by atoms with Gasteiger partial charge in [0, 0.05) is 19.2 Å². The molecule has 1 heterocycles. The van der Waals surface area contributed by atoms with E-state index >= 15 is 0 Å². The van der Waals surface area contributed by atoms with E-state index in [1.165, 1.54) is 30.7 Å². The highest BCUT2D eigenvalue weighted by Crippen LogP contribution is 2.34. The summed E-state index contributed by atoms with van der Waals surface area (Å²) in [5.74, 6) is 0.399. The van der Waals surface area contributed by atoms with Crippen molar-refractivity contribution in [2.24, 2.45) is 0 Å². The predicted molar refractivity (Wildman–Crippen MR) is 124 cm³/mol. The first kappa shape index (κ1) is 22.8. The van der Waals surface area contributed by atoms with Gasteiger partial charge in [-0.25, -0.2) is 8.42 Å². The third kappa shape index (κ3) is 4.72. The Morgan fingerprint density at radius 2 is 1.61 bits per heavy atom. The second-order valence-electron chi connectivity index (χ2n) is 7.76. The van der Waals surface area contributed by atoms with Crippen LogP contribution >= 0.6 is 0 Å². The van der Waals surface area contributed by atoms with E-state index in [0.717, 1.165) is 16.7 Å². The van der Waals surface area contributed by atoms with Gasteiger partial charge < -0.3 is 14.8 Å². The van der Waals surface area contributed by atoms with Crippen molar-refractivity contribution in [3.63, 3.8) is 0 Å². The summed E-state index contributed by atoms with van der Waals surface area (Å²) in [4.78, 5) is 13.3. The molecule has 1 aliphatic heterocycles. The van der Waals surface area contributed by atoms with Crippen LogP contribution in [0.3, 0.4) is 0 Å². The van der Waals surface area contributed by atoms with Gasteiger partial charge in [-0.15, -0.1) is 0 Å². The molecular formula is C25H26N2O5S. The van der Waals surface area contributed by atoms with Crippen LogP contribution in [-0.4, -0.2) is 38.9 Å². The Morgan fingerprint density at radius 3 is 2.30 bits per heavy atom. The quantitative estimate of drug-likeness (QED) is 0.578. The summed E-state index contributed by atoms with van der Waals surface area (Å²) in [5, 5.41) is 2.90. The minimum absolute atomic E-state index is 0.0420. The fraction of sp³-hybridized carbons (Fsp3) is 0.240. The van der Waals surface area contributed by atoms with Gasteiger partial charge in [0.05, 0.1) is 19.1 Å². The Hall–Kier alpha value is -3.36. The van der Waals surface area contributed by atoms with Gasteiger partial charge in [0.2, 0.25) is 15.9 Å². The lowest BCUT2D eigenvalue weighted by molar-refractivity contribution is -0.125. The fourth-order valence-corrected chi connectivity index (χ4v) is 5.57. The van der Waals surface area contributed by atoms with Crippen LogP contribution in [0, 0.1) is 0 Å². The zero-order chi connectivity index (χ0) is 23.4. The van der Waals surface area contributed by atoms with Crippen LogP contribution in [0.25, 0.3) is 0 Å². The Balaban J connectivity index is 1.67. The molecule has 0 aliphatic carbocycles. The zero-order valence-corrected chi connectivity index (χ0v) is 19.3. The molecular weight excluding hydrogens is 440 g/mol. The highest BCUT2D eigenvalue weighted by molar-refractivity contribution is 7.89. The Morgan fingerprint density at radius 1 is 0.939 bits per heavy atom. The number of benzene rings is 3. The van der Waals surface area contributed by atoms with Crippen LogP contribution in [-0.2, 0) is 34.3 Å². The third-order valence-electron chi connectivity index (χ3n) is 5.78. The van der Waals surface area contributed by atoms with Gasteiger partial charge in [0.15, 0.2) is 11.5 Å². The minimum atomic E-state index is -4.00. The molecule has 1 aliphatic rings. The van der Waals surface area contributed by atoms with Gasteiger partial charge in [-0.05, 0) is 35.2 Å². The van der Waals surface area contributed by atoms with E-state index in [-0.39, 0.29) is 17.3 Å². The second kappa shape index (κ2) is 9.64. The SMILES string of the molecule is COc1ccc(S(=O)(=O)N2Cc3ccccc3C[C@@H]2C(=O)NCc2ccccc2)cc1OC. The van der Waals surface area contributed by atoms with Crippen molar-refractivity contribution >= 4 is 15.9 Å². The average Bonchev–Trinajstić information content (AvgIpc) is 2.86. The molecule has 0 fully saturated rings. The van der Waals surface area contributed by atoms with Crippen LogP contribution in [0.4, 0.5) is 0 Å². The van der Waals surface area contributed by atoms with Crippen molar-refractivity contribution in [3.05, 3.63) is 89.5 Å². The average molecular weight is 467 g/mol. The molecule has 33 heavy (non-hydrogen) atoms. The lowest BCUT2D eigenvalue weighted by Crippen LogP contribution is -2.52. The maximum atomic E-state index is 13.7. The molecule has 1 N–H and O–H groups in total. The number of nitrogens with one attached hydrogen (secondary N) is 1. The van der Waals surface area contributed by atoms with E-state index in [9.17, 15) is 13.2 Å². The number of nitrogens with zero attached hydrogens (tertiary/aromatic N) is 1. The third-order valence-corrected chi connectivity index (χ3v) is 7.63. The van der Waals surface area contributed by atoms with Crippen molar-refractivity contribution in [1.29, 1.82) is 0 Å². The highest BCUT2D eigenvalue weighted by atomic mass is 32.2. The molecule has 3 aromatic rings. The minimum Gasteiger partial charge on any atom is -0.493 e. The molecule has 0 saturated heterocycles. The smallest absolute Gasteiger partial charge is 0.244 e. The maximum absolute atomic E-state index is 13.7. The molecule has 7 nitrogen and oxygen atoms in total. The van der Waals surface area contributed by atoms with Gasteiger partial charge in [-0.3, -0.25) is 4.79 Å². The van der Waals surface area contributed by atoms with Gasteiger partial charge in [0.25, 0.3) is 0 Å². The summed E-state index contributed by atoms with van der Waals surface area (Å²) in [6, 6.07) is 20.7. The van der Waals surface area contributed by atoms with E-state index < -0.39 is 16.1 Å². The highest BCUT2D eigenvalue weighted by Gasteiger charge is 2.39. The molecule has 4 rings (SSSR count). The number of ether oxygens (including phenoxy) is 2. The molecule has 0 spiro atoms. The van der Waals surface area contributed by atoms with Gasteiger partial charge in [-0.1, -0.05) is 54.6 Å². The van der Waals surface area contributed by atoms with Crippen molar-refractivity contribution in [3.8, 4) is 11.5 Å². The Labute approximate surface area is 194 Å². The van der Waals surface area contributed by atoms with Crippen LogP contribution in [0.15, 0.2) is 77.7 Å². The summed E-state index contributed by atoms with van der Waals surface area (Å²) in [7, 11) is -1.07. The topological polar surface area (TPSA) is 84.9 Å². The second-order valence-corrected chi connectivity index (χ2v) is 9.65. The number of hydrogen-bond donors (Lipinski definition) is 1. The van der Waals surface area contributed by atoms with E-state index in [1.54, 1.807) is 6.07 Å². The standard InChI is InChI=1S/C25H26N2O5S/c1-31-23-13-12-21(15-24(23)32-2)33(29,30)27-17-20-11-7-6-10-19(20)14-22(27)25(28)26-16-18-8-4-3-5-9-18/h3-13,15,22H,14,16-17H2,1-2H3,(H,26,28)/t22-/m1/s1. The van der Waals surface area contributed by atoms with Gasteiger partial charge in [-0.2, -0.15) is 4.31 Å². The van der Waals surface area contributed by atoms with Crippen molar-refractivity contribution in [1.82, 2.24) is 9.62 Å². The molecule has 0 unspecified atom stereocenters. The van der Waals surface area contributed by atoms with Crippen LogP contribution in [0.5, 0.6) is 11.5 Å². The molecule has 0 bridgehead atoms. The summed E-state index contributed by atoms with van der Waals surface area (Å²) < 4.78 is 39.2. The summed E-state index contributed by atoms with van der Waals surface area (Å²) in [6.45, 7) is 0.429. The number of fused-ring (bicyclic) bond motifs is 1. The van der Waals surface area contributed by atoms with E-state index in [2.05, 4.69) is 5.32 Å². The van der Waals surface area contributed by atoms with E-state index in [0.29, 0.717) is 24.5 Å². The number of rotatable bonds is 7. The Bertz CT molecular complexity index is 1240. The van der Waals surface area contributed by atoms with Crippen molar-refractivity contribution in [2.75, 3.05) is 14.2 Å². The molecule has 0 aromatic heterocycles. The molecule has 172 valence electrons. The molecule has 1 atom stereocenters. The zero-order valence-electron chi connectivity index (χ0n) is 18.5. The van der Waals surface area contributed by atoms with E-state index in [4.69, 9.17) is 9.47 Å². The summed E-state index contributed by atoms with van der Waals surface area (Å²) in [5.41, 5.74) is 2.79. The predicted octanol–water partition coefficient (Wildman–Crippen LogP) is 3.14. The number of amides is 1. The molecule has 0 radical (unpaired) electrons. The lowest BCUT2D eigenvalue weighted by atomic mass is 9.95. The first-order valence-electron chi connectivity index (χ1n) is 10.6. The van der Waals surface area contributed by atoms with E-state index in [1.807, 2.05) is 54.6 Å². The normalized spacial score (nSPS) is 16.0. The molecule has 1 amide bonds. The largest absolute Gasteiger partial charge is 0.493 e. The number of carbonyl (C=O) groups is 1. The number of methoxy groups -OCH3 is 2. The summed E-state index contributed by atoms with van der Waals surface area (Å²) in [6.07, 6.45) is 0.295. The van der Waals surface area contributed by atoms with Crippen molar-refractivity contribution in [2.45, 2.75) is 30.4 Å². The molecule has 0 saturated carbocycles. The molecule has 8 heteroatoms. The number of carbonyl (C=O) groups excluding carboxylic acids is 1. The van der Waals surface area contributed by atoms with Crippen molar-refractivity contribution < 1.29 is 22.7 Å². The summed E-state index contributed by atoms with van der Waals surface area (Å²) >= 11 is 0. The number of hydrogen-bond acceptors (Lipinski definition) is 5. The molecule has 3 aromatic carbocycles. The van der Waals surface area contributed by atoms with Gasteiger partial charge >= 0.3 is 0 Å². The Kier molecular flexibility index (Phi) is 6.67. The van der Waals surface area contributed by atoms with Gasteiger partial charge in [0.1, 0.15) is 6.04 Å². The van der Waals surface area contributed by atoms with Crippen LogP contribution < -0.4 is 14.8 Å². The monoisotopic (exact) mass is 466 g/mol. The lowest BCUT2D eigenvalue weighted by Gasteiger charge is -2.35. The van der Waals surface area contributed by atoms with Crippen LogP contribution in [0.1, 0.15) is 16.7 Å². The maximum Gasteiger partial charge on any atom is 0.244 e. The number of sulfonamides is 1. The van der Waals surface area contributed by atoms with Crippen LogP contribution in [0.2, 0.25) is 0 Å². The first-order chi connectivity index (χ1) is 15.9.